The van der Waals surface area contributed by atoms with Gasteiger partial charge in [-0.3, -0.25) is 14.4 Å². The lowest BCUT2D eigenvalue weighted by atomic mass is 10.0. The summed E-state index contributed by atoms with van der Waals surface area (Å²) in [5.41, 5.74) is 5.86. The Bertz CT molecular complexity index is 609. The van der Waals surface area contributed by atoms with Gasteiger partial charge >= 0.3 is 17.9 Å². The summed E-state index contributed by atoms with van der Waals surface area (Å²) in [4.78, 5) is 35.9. The number of carbonyl (C=O) groups excluding carboxylic acids is 3. The summed E-state index contributed by atoms with van der Waals surface area (Å²) < 4.78 is 10.1. The summed E-state index contributed by atoms with van der Waals surface area (Å²) >= 11 is 0. The normalized spacial score (nSPS) is 11.9. The summed E-state index contributed by atoms with van der Waals surface area (Å²) in [6.07, 6.45) is 31.5. The van der Waals surface area contributed by atoms with Crippen molar-refractivity contribution < 1.29 is 23.9 Å². The quantitative estimate of drug-likeness (QED) is 0.0497. The van der Waals surface area contributed by atoms with E-state index >= 15 is 0 Å². The van der Waals surface area contributed by atoms with Crippen molar-refractivity contribution >= 4 is 17.9 Å². The number of esters is 3. The van der Waals surface area contributed by atoms with Crippen molar-refractivity contribution in [2.45, 2.75) is 200 Å². The molecule has 0 heterocycles. The van der Waals surface area contributed by atoms with E-state index in [2.05, 4.69) is 13.8 Å². The molecule has 0 fully saturated rings. The second kappa shape index (κ2) is 31.5. The fourth-order valence-corrected chi connectivity index (χ4v) is 5.13. The summed E-state index contributed by atoms with van der Waals surface area (Å²) in [5, 5.41) is 0. The zero-order valence-corrected chi connectivity index (χ0v) is 27.2. The molecule has 0 aliphatic rings. The lowest BCUT2D eigenvalue weighted by Crippen LogP contribution is -2.33. The molecule has 1 atom stereocenters. The molecule has 2 N–H and O–H groups in total. The minimum atomic E-state index is -0.865. The van der Waals surface area contributed by atoms with Gasteiger partial charge in [0.15, 0.2) is 0 Å². The summed E-state index contributed by atoms with van der Waals surface area (Å²) in [6.45, 7) is 4.86. The molecule has 0 bridgehead atoms. The van der Waals surface area contributed by atoms with Gasteiger partial charge in [-0.2, -0.15) is 0 Å². The molecular formula is C35H67NO5. The molecule has 0 unspecified atom stereocenters. The van der Waals surface area contributed by atoms with Gasteiger partial charge in [-0.15, -0.1) is 0 Å². The van der Waals surface area contributed by atoms with Crippen molar-refractivity contribution in [3.63, 3.8) is 0 Å². The third kappa shape index (κ3) is 29.8. The van der Waals surface area contributed by atoms with E-state index in [-0.39, 0.29) is 19.3 Å². The SMILES string of the molecule is CCCCCCCCCCCCCCCCCC(=O)OC(=O)CC[C@H](N)C(=O)OCCCCCCCCCCCC. The first-order valence-electron chi connectivity index (χ1n) is 17.7. The molecule has 6 heteroatoms. The molecule has 0 amide bonds. The monoisotopic (exact) mass is 582 g/mol. The van der Waals surface area contributed by atoms with Gasteiger partial charge in [0.05, 0.1) is 6.61 Å². The average Bonchev–Trinajstić information content (AvgIpc) is 2.96. The fraction of sp³-hybridized carbons (Fsp3) is 0.914. The van der Waals surface area contributed by atoms with Crippen LogP contribution in [-0.2, 0) is 23.9 Å². The number of unbranched alkanes of at least 4 members (excludes halogenated alkanes) is 23. The van der Waals surface area contributed by atoms with E-state index in [1.807, 2.05) is 0 Å². The first-order chi connectivity index (χ1) is 20.0. The molecule has 6 nitrogen and oxygen atoms in total. The molecule has 41 heavy (non-hydrogen) atoms. The topological polar surface area (TPSA) is 95.7 Å². The van der Waals surface area contributed by atoms with Crippen molar-refractivity contribution in [3.8, 4) is 0 Å². The van der Waals surface area contributed by atoms with Gasteiger partial charge in [0.2, 0.25) is 0 Å². The van der Waals surface area contributed by atoms with E-state index in [0.717, 1.165) is 38.5 Å². The van der Waals surface area contributed by atoms with Gasteiger partial charge < -0.3 is 15.2 Å². The van der Waals surface area contributed by atoms with Crippen LogP contribution in [-0.4, -0.2) is 30.6 Å². The Balaban J connectivity index is 3.52. The Morgan fingerprint density at radius 3 is 1.24 bits per heavy atom. The van der Waals surface area contributed by atoms with E-state index in [4.69, 9.17) is 15.2 Å². The Labute approximate surface area is 253 Å². The number of hydrogen-bond acceptors (Lipinski definition) is 6. The molecule has 0 spiro atoms. The molecule has 0 aromatic rings. The lowest BCUT2D eigenvalue weighted by Gasteiger charge is -2.11. The van der Waals surface area contributed by atoms with Gasteiger partial charge in [-0.05, 0) is 19.3 Å². The third-order valence-electron chi connectivity index (χ3n) is 7.92. The van der Waals surface area contributed by atoms with Crippen LogP contribution >= 0.6 is 0 Å². The minimum Gasteiger partial charge on any atom is -0.465 e. The number of rotatable bonds is 31. The second-order valence-electron chi connectivity index (χ2n) is 12.0. The summed E-state index contributed by atoms with van der Waals surface area (Å²) in [6, 6.07) is -0.865. The van der Waals surface area contributed by atoms with Crippen LogP contribution in [0.2, 0.25) is 0 Å². The number of carbonyl (C=O) groups is 3. The largest absolute Gasteiger partial charge is 0.465 e. The highest BCUT2D eigenvalue weighted by Crippen LogP contribution is 2.14. The molecule has 0 aromatic heterocycles. The van der Waals surface area contributed by atoms with Crippen LogP contribution in [0.25, 0.3) is 0 Å². The van der Waals surface area contributed by atoms with Gasteiger partial charge in [-0.1, -0.05) is 162 Å². The predicted molar refractivity (Wildman–Crippen MR) is 171 cm³/mol. The maximum atomic E-state index is 12.0. The first-order valence-corrected chi connectivity index (χ1v) is 17.7. The minimum absolute atomic E-state index is 0.0564. The highest BCUT2D eigenvalue weighted by molar-refractivity contribution is 5.85. The lowest BCUT2D eigenvalue weighted by molar-refractivity contribution is -0.159. The van der Waals surface area contributed by atoms with E-state index in [1.165, 1.54) is 122 Å². The maximum Gasteiger partial charge on any atom is 0.322 e. The van der Waals surface area contributed by atoms with Crippen LogP contribution in [0.4, 0.5) is 0 Å². The van der Waals surface area contributed by atoms with E-state index in [1.54, 1.807) is 0 Å². The van der Waals surface area contributed by atoms with Crippen LogP contribution in [0.15, 0.2) is 0 Å². The standard InChI is InChI=1S/C35H67NO5/c1-3-5-7-9-11-13-15-16-17-18-19-20-22-24-26-28-33(37)41-34(38)30-29-32(36)35(39)40-31-27-25-23-21-14-12-10-8-6-4-2/h32H,3-31,36H2,1-2H3/t32-/m0/s1. The number of ether oxygens (including phenoxy) is 2. The molecule has 242 valence electrons. The van der Waals surface area contributed by atoms with Crippen LogP contribution in [0.1, 0.15) is 194 Å². The highest BCUT2D eigenvalue weighted by Gasteiger charge is 2.18. The van der Waals surface area contributed by atoms with Gasteiger partial charge in [0, 0.05) is 12.8 Å². The van der Waals surface area contributed by atoms with E-state index in [9.17, 15) is 14.4 Å². The molecule has 0 rings (SSSR count). The summed E-state index contributed by atoms with van der Waals surface area (Å²) in [5.74, 6) is -1.59. The Morgan fingerprint density at radius 2 is 0.829 bits per heavy atom. The van der Waals surface area contributed by atoms with Crippen LogP contribution in [0.5, 0.6) is 0 Å². The first kappa shape index (κ1) is 39.6. The van der Waals surface area contributed by atoms with Crippen LogP contribution < -0.4 is 5.73 Å². The van der Waals surface area contributed by atoms with E-state index in [0.29, 0.717) is 6.61 Å². The third-order valence-corrected chi connectivity index (χ3v) is 7.92. The van der Waals surface area contributed by atoms with Gasteiger partial charge in [0.25, 0.3) is 0 Å². The fourth-order valence-electron chi connectivity index (χ4n) is 5.13. The van der Waals surface area contributed by atoms with Crippen molar-refractivity contribution in [1.29, 1.82) is 0 Å². The molecule has 0 saturated heterocycles. The smallest absolute Gasteiger partial charge is 0.322 e. The van der Waals surface area contributed by atoms with Crippen molar-refractivity contribution in [2.24, 2.45) is 5.73 Å². The predicted octanol–water partition coefficient (Wildman–Crippen LogP) is 9.89. The molecule has 0 aromatic carbocycles. The number of nitrogens with two attached hydrogens (primary N) is 1. The van der Waals surface area contributed by atoms with Crippen molar-refractivity contribution in [3.05, 3.63) is 0 Å². The molecule has 0 saturated carbocycles. The van der Waals surface area contributed by atoms with Crippen LogP contribution in [0.3, 0.4) is 0 Å². The molecule has 0 aliphatic heterocycles. The average molecular weight is 582 g/mol. The van der Waals surface area contributed by atoms with Gasteiger partial charge in [0.1, 0.15) is 6.04 Å². The zero-order valence-electron chi connectivity index (χ0n) is 27.2. The Morgan fingerprint density at radius 1 is 0.488 bits per heavy atom. The van der Waals surface area contributed by atoms with Crippen molar-refractivity contribution in [2.75, 3.05) is 6.61 Å². The Hall–Kier alpha value is -1.43. The summed E-state index contributed by atoms with van der Waals surface area (Å²) in [7, 11) is 0. The molecule has 0 aliphatic carbocycles. The van der Waals surface area contributed by atoms with Crippen molar-refractivity contribution in [1.82, 2.24) is 0 Å². The highest BCUT2D eigenvalue weighted by atomic mass is 16.6. The Kier molecular flexibility index (Phi) is 30.4. The van der Waals surface area contributed by atoms with Gasteiger partial charge in [-0.25, -0.2) is 0 Å². The maximum absolute atomic E-state index is 12.0. The second-order valence-corrected chi connectivity index (χ2v) is 12.0. The number of hydrogen-bond donors (Lipinski definition) is 1. The molecule has 0 radical (unpaired) electrons. The zero-order chi connectivity index (χ0) is 30.2. The molecular weight excluding hydrogens is 514 g/mol. The van der Waals surface area contributed by atoms with E-state index < -0.39 is 23.9 Å². The van der Waals surface area contributed by atoms with Crippen LogP contribution in [0, 0.1) is 0 Å².